The molecule has 4 aliphatic rings. The predicted octanol–water partition coefficient (Wildman–Crippen LogP) is 4.11. The van der Waals surface area contributed by atoms with Gasteiger partial charge < -0.3 is 76.1 Å². The molecule has 3 fully saturated rings. The third-order valence-electron chi connectivity index (χ3n) is 19.3. The molecule has 2 saturated carbocycles. The molecule has 540 valence electrons. The minimum Gasteiger partial charge on any atom is -0.480 e. The Morgan fingerprint density at radius 3 is 1.98 bits per heavy atom. The van der Waals surface area contributed by atoms with Crippen LogP contribution in [0.5, 0.6) is 0 Å². The number of benzene rings is 4. The Labute approximate surface area is 581 Å². The fraction of sp³-hybridized carbons (Fsp3) is 0.452. The molecular weight excluding hydrogens is 1320 g/mol. The van der Waals surface area contributed by atoms with Crippen molar-refractivity contribution in [1.29, 1.82) is 0 Å². The number of hydrogen-bond donors (Lipinski definition) is 9. The van der Waals surface area contributed by atoms with Gasteiger partial charge in [0.15, 0.2) is 23.6 Å². The SMILES string of the molecule is CC(=O)O[C@H]1C(=O)[C@@]2(C)[C@H]([C@H](OC(=O)c3ccccc3)[C@]3(O)C[C@H](OC(=O)[C@H](OCCC(=O)NCCCC[C@H](NC(=O)CC[C@@H](NC(=O)[C@H](C)NC(=O)/C=C/c4ccc(F)cc4)C(N)=O)C(=O)O)[C@@H](NC(=O)c4ccccc4)c4ccccc4)C(C)=C1C3(C)C)[C@]1(OC(C)=O)CO[C@@H]1C[C@@H]2O. The number of halogens is 1. The van der Waals surface area contributed by atoms with Crippen LogP contribution in [0.4, 0.5) is 4.39 Å². The predicted molar refractivity (Wildman–Crippen MR) is 356 cm³/mol. The summed E-state index contributed by atoms with van der Waals surface area (Å²) in [6.45, 7) is 8.51. The van der Waals surface area contributed by atoms with Crippen molar-refractivity contribution in [2.75, 3.05) is 19.8 Å². The van der Waals surface area contributed by atoms with E-state index in [1.807, 2.05) is 0 Å². The number of ether oxygens (including phenoxy) is 6. The van der Waals surface area contributed by atoms with Gasteiger partial charge in [-0.15, -0.1) is 0 Å². The van der Waals surface area contributed by atoms with Crippen LogP contribution in [0.3, 0.4) is 0 Å². The second-order valence-electron chi connectivity index (χ2n) is 26.4. The molecule has 101 heavy (non-hydrogen) atoms. The van der Waals surface area contributed by atoms with Crippen LogP contribution >= 0.6 is 0 Å². The zero-order valence-electron chi connectivity index (χ0n) is 56.9. The van der Waals surface area contributed by atoms with Gasteiger partial charge in [0.05, 0.1) is 42.3 Å². The van der Waals surface area contributed by atoms with Crippen molar-refractivity contribution in [3.63, 3.8) is 0 Å². The van der Waals surface area contributed by atoms with Gasteiger partial charge >= 0.3 is 29.8 Å². The lowest BCUT2D eigenvalue weighted by molar-refractivity contribution is -0.346. The molecular formula is C73H85FN6O21. The Balaban J connectivity index is 0.988. The van der Waals surface area contributed by atoms with E-state index in [0.717, 1.165) is 19.9 Å². The number of carboxylic acid groups (broad SMARTS) is 1. The number of carbonyl (C=O) groups is 12. The summed E-state index contributed by atoms with van der Waals surface area (Å²) in [6, 6.07) is 23.8. The summed E-state index contributed by atoms with van der Waals surface area (Å²) in [7, 11) is 0. The standard InChI is InChI=1S/C73H85FN6O21/c1-40-51(38-73(95)63(100-68(93)47-23-15-10-16-24-47)61-71(7,52(83)37-53-72(61,39-97-53)101-43(4)82)62(87)59(98-42(3)81)57(40)70(73,5)6)99-69(94)60(58(45-19-11-8-12-20-45)80-66(90)46-21-13-9-14-22-46)96-36-34-54(84)76-35-18-17-25-50(67(91)92)78-56(86)33-31-49(64(75)88)79-65(89)41(2)77-55(85)32-28-44-26-29-48(74)30-27-44/h8-16,19-24,26-30,32,41,49-53,58-61,63,83,95H,17-18,25,31,33-39H2,1-7H3,(H2,75,88)(H,76,84)(H,77,85)(H,78,86)(H,79,89)(H,80,90)(H,91,92)/b32-28+/t41-,49+,50-,51-,52-,53+,58-,59+,60+,61-,63-,71+,72-,73+/m0/s1. The van der Waals surface area contributed by atoms with E-state index in [1.165, 1.54) is 89.2 Å². The van der Waals surface area contributed by atoms with E-state index in [-0.39, 0.29) is 67.5 Å². The molecule has 27 nitrogen and oxygen atoms in total. The number of fused-ring (bicyclic) bond motifs is 5. The highest BCUT2D eigenvalue weighted by atomic mass is 19.1. The Morgan fingerprint density at radius 2 is 1.39 bits per heavy atom. The lowest BCUT2D eigenvalue weighted by Crippen LogP contribution is -2.82. The van der Waals surface area contributed by atoms with E-state index in [4.69, 9.17) is 34.2 Å². The summed E-state index contributed by atoms with van der Waals surface area (Å²) in [5.74, 6) is -13.0. The van der Waals surface area contributed by atoms with Crippen molar-refractivity contribution in [3.8, 4) is 0 Å². The number of carbonyl (C=O) groups excluding carboxylic acids is 11. The molecule has 0 spiro atoms. The number of hydrogen-bond acceptors (Lipinski definition) is 20. The molecule has 10 N–H and O–H groups in total. The van der Waals surface area contributed by atoms with Crippen molar-refractivity contribution >= 4 is 77.1 Å². The fourth-order valence-electron chi connectivity index (χ4n) is 13.9. The highest BCUT2D eigenvalue weighted by Gasteiger charge is 2.78. The third-order valence-corrected chi connectivity index (χ3v) is 19.3. The highest BCUT2D eigenvalue weighted by Crippen LogP contribution is 2.64. The lowest BCUT2D eigenvalue weighted by atomic mass is 9.44. The fourth-order valence-corrected chi connectivity index (χ4v) is 13.9. The average molecular weight is 1400 g/mol. The van der Waals surface area contributed by atoms with Crippen molar-refractivity contribution < 1.29 is 106 Å². The average Bonchev–Trinajstić information content (AvgIpc) is 0.669. The molecule has 1 heterocycles. The van der Waals surface area contributed by atoms with Crippen molar-refractivity contribution in [2.24, 2.45) is 22.5 Å². The molecule has 1 aliphatic heterocycles. The first-order valence-corrected chi connectivity index (χ1v) is 33.1. The number of nitrogens with two attached hydrogens (primary N) is 1. The summed E-state index contributed by atoms with van der Waals surface area (Å²) in [4.78, 5) is 163. The van der Waals surface area contributed by atoms with Crippen LogP contribution in [0.15, 0.2) is 132 Å². The first-order chi connectivity index (χ1) is 47.8. The molecule has 4 aromatic carbocycles. The molecule has 28 heteroatoms. The number of nitrogens with one attached hydrogen (secondary N) is 5. The first kappa shape index (κ1) is 76.7. The second-order valence-corrected chi connectivity index (χ2v) is 26.4. The minimum absolute atomic E-state index is 0.00418. The maximum atomic E-state index is 15.9. The topological polar surface area (TPSA) is 407 Å². The van der Waals surface area contributed by atoms with Crippen LogP contribution in [-0.2, 0) is 76.4 Å². The van der Waals surface area contributed by atoms with Crippen molar-refractivity contribution in [1.82, 2.24) is 26.6 Å². The second kappa shape index (κ2) is 33.0. The van der Waals surface area contributed by atoms with E-state index < -0.39 is 192 Å². The number of ketones is 1. The number of amides is 6. The number of esters is 4. The van der Waals surface area contributed by atoms with E-state index >= 15 is 9.59 Å². The zero-order chi connectivity index (χ0) is 73.7. The van der Waals surface area contributed by atoms with Gasteiger partial charge in [0.25, 0.3) is 5.91 Å². The van der Waals surface area contributed by atoms with Crippen LogP contribution in [0, 0.1) is 22.6 Å². The summed E-state index contributed by atoms with van der Waals surface area (Å²) < 4.78 is 50.7. The molecule has 14 atom stereocenters. The summed E-state index contributed by atoms with van der Waals surface area (Å²) >= 11 is 0. The van der Waals surface area contributed by atoms with Gasteiger partial charge in [-0.05, 0) is 111 Å². The maximum Gasteiger partial charge on any atom is 0.338 e. The van der Waals surface area contributed by atoms with Crippen LogP contribution in [0.1, 0.15) is 138 Å². The number of aliphatic hydroxyl groups is 2. The Bertz CT molecular complexity index is 3820. The summed E-state index contributed by atoms with van der Waals surface area (Å²) in [6.07, 6.45) is -9.47. The van der Waals surface area contributed by atoms with E-state index in [2.05, 4.69) is 26.6 Å². The van der Waals surface area contributed by atoms with E-state index in [0.29, 0.717) is 11.1 Å². The Kier molecular flexibility index (Phi) is 25.0. The normalized spacial score (nSPS) is 24.8. The Morgan fingerprint density at radius 1 is 0.752 bits per heavy atom. The molecule has 0 unspecified atom stereocenters. The number of carboxylic acids is 1. The zero-order valence-corrected chi connectivity index (χ0v) is 56.9. The summed E-state index contributed by atoms with van der Waals surface area (Å²) in [5, 5.41) is 49.2. The number of aliphatic hydroxyl groups excluding tert-OH is 1. The number of unbranched alkanes of at least 4 members (excludes halogenated alkanes) is 1. The third kappa shape index (κ3) is 17.6. The maximum absolute atomic E-state index is 15.9. The van der Waals surface area contributed by atoms with Crippen molar-refractivity contribution in [2.45, 2.75) is 172 Å². The van der Waals surface area contributed by atoms with Gasteiger partial charge in [0, 0.05) is 63.1 Å². The molecule has 6 amide bonds. The van der Waals surface area contributed by atoms with Crippen LogP contribution in [-0.4, -0.2) is 172 Å². The number of rotatable bonds is 30. The Hall–Kier alpha value is -10.0. The number of aliphatic carboxylic acids is 1. The number of Topliss-reactive ketones (excluding diaryl/α,β-unsaturated/α-hetero) is 1. The van der Waals surface area contributed by atoms with Gasteiger partial charge in [-0.1, -0.05) is 92.7 Å². The van der Waals surface area contributed by atoms with Crippen LogP contribution in [0.25, 0.3) is 6.08 Å². The van der Waals surface area contributed by atoms with Gasteiger partial charge in [-0.25, -0.2) is 18.8 Å². The molecule has 0 radical (unpaired) electrons. The van der Waals surface area contributed by atoms with E-state index in [1.54, 1.807) is 66.7 Å². The van der Waals surface area contributed by atoms with Gasteiger partial charge in [-0.2, -0.15) is 0 Å². The molecule has 8 rings (SSSR count). The minimum atomic E-state index is -2.53. The molecule has 0 aromatic heterocycles. The molecule has 3 aliphatic carbocycles. The first-order valence-electron chi connectivity index (χ1n) is 33.1. The monoisotopic (exact) mass is 1400 g/mol. The van der Waals surface area contributed by atoms with Gasteiger partial charge in [0.2, 0.25) is 29.5 Å². The smallest absolute Gasteiger partial charge is 0.338 e. The number of primary amides is 1. The molecule has 2 bridgehead atoms. The van der Waals surface area contributed by atoms with Crippen LogP contribution in [0.2, 0.25) is 0 Å². The van der Waals surface area contributed by atoms with Gasteiger partial charge in [-0.3, -0.25) is 43.2 Å². The van der Waals surface area contributed by atoms with Crippen LogP contribution < -0.4 is 32.3 Å². The largest absolute Gasteiger partial charge is 0.480 e. The highest BCUT2D eigenvalue weighted by molar-refractivity contribution is 5.98. The molecule has 4 aromatic rings. The van der Waals surface area contributed by atoms with E-state index in [9.17, 15) is 67.7 Å². The lowest BCUT2D eigenvalue weighted by Gasteiger charge is -2.67. The summed E-state index contributed by atoms with van der Waals surface area (Å²) in [5.41, 5.74) is -1.82. The van der Waals surface area contributed by atoms with Gasteiger partial charge in [0.1, 0.15) is 47.9 Å². The van der Waals surface area contributed by atoms with Crippen molar-refractivity contribution in [3.05, 3.63) is 161 Å². The molecule has 1 saturated heterocycles. The quantitative estimate of drug-likeness (QED) is 0.0117.